The summed E-state index contributed by atoms with van der Waals surface area (Å²) in [5, 5.41) is 3.16. The van der Waals surface area contributed by atoms with Crippen LogP contribution in [0.3, 0.4) is 0 Å². The number of nitrogens with zero attached hydrogens (tertiary/aromatic N) is 1. The van der Waals surface area contributed by atoms with Crippen LogP contribution in [0.15, 0.2) is 12.2 Å². The van der Waals surface area contributed by atoms with Crippen molar-refractivity contribution in [2.45, 2.75) is 33.7 Å². The molecule has 0 spiro atoms. The maximum Gasteiger partial charge on any atom is 0.239 e. The van der Waals surface area contributed by atoms with Crippen LogP contribution < -0.4 is 5.32 Å². The summed E-state index contributed by atoms with van der Waals surface area (Å²) in [7, 11) is 0. The Morgan fingerprint density at radius 1 is 1.41 bits per heavy atom. The number of hydrogen-bond donors (Lipinski definition) is 1. The van der Waals surface area contributed by atoms with Crippen molar-refractivity contribution in [3.8, 4) is 0 Å². The lowest BCUT2D eigenvalue weighted by molar-refractivity contribution is -0.132. The van der Waals surface area contributed by atoms with Gasteiger partial charge in [0, 0.05) is 19.6 Å². The van der Waals surface area contributed by atoms with Crippen LogP contribution in [-0.4, -0.2) is 49.7 Å². The maximum atomic E-state index is 11.9. The largest absolute Gasteiger partial charge is 0.376 e. The third-order valence-electron chi connectivity index (χ3n) is 2.49. The van der Waals surface area contributed by atoms with Gasteiger partial charge in [-0.05, 0) is 27.7 Å². The lowest BCUT2D eigenvalue weighted by atomic mass is 10.3. The fourth-order valence-corrected chi connectivity index (χ4v) is 1.49. The molecule has 0 aliphatic rings. The molecular formula is C13H26N2O2. The van der Waals surface area contributed by atoms with E-state index >= 15 is 0 Å². The molecule has 1 N–H and O–H groups in total. The third-order valence-corrected chi connectivity index (χ3v) is 2.49. The molecule has 0 heterocycles. The molecule has 4 nitrogen and oxygen atoms in total. The van der Waals surface area contributed by atoms with Crippen molar-refractivity contribution < 1.29 is 9.53 Å². The van der Waals surface area contributed by atoms with E-state index in [4.69, 9.17) is 4.74 Å². The lowest BCUT2D eigenvalue weighted by Gasteiger charge is -2.23. The van der Waals surface area contributed by atoms with Gasteiger partial charge in [0.05, 0.1) is 19.3 Å². The zero-order valence-corrected chi connectivity index (χ0v) is 11.6. The average molecular weight is 242 g/mol. The van der Waals surface area contributed by atoms with Crippen LogP contribution in [0.25, 0.3) is 0 Å². The molecule has 1 amide bonds. The van der Waals surface area contributed by atoms with E-state index in [0.29, 0.717) is 19.8 Å². The Morgan fingerprint density at radius 3 is 2.47 bits per heavy atom. The number of carbonyl (C=O) groups excluding carboxylic acids is 1. The highest BCUT2D eigenvalue weighted by atomic mass is 16.5. The van der Waals surface area contributed by atoms with Crippen molar-refractivity contribution in [3.05, 3.63) is 12.2 Å². The van der Waals surface area contributed by atoms with Crippen molar-refractivity contribution in [1.29, 1.82) is 0 Å². The summed E-state index contributed by atoms with van der Waals surface area (Å²) in [4.78, 5) is 13.7. The average Bonchev–Trinajstić information content (AvgIpc) is 2.29. The van der Waals surface area contributed by atoms with Crippen molar-refractivity contribution in [3.63, 3.8) is 0 Å². The van der Waals surface area contributed by atoms with Gasteiger partial charge in [0.2, 0.25) is 5.91 Å². The number of carbonyl (C=O) groups is 1. The number of amides is 1. The molecule has 0 aromatic heterocycles. The Kier molecular flexibility index (Phi) is 8.72. The van der Waals surface area contributed by atoms with Crippen molar-refractivity contribution in [2.75, 3.05) is 32.8 Å². The minimum atomic E-state index is -0.150. The molecule has 0 aromatic carbocycles. The van der Waals surface area contributed by atoms with Crippen LogP contribution in [0.2, 0.25) is 0 Å². The lowest BCUT2D eigenvalue weighted by Crippen LogP contribution is -2.45. The number of hydrogen-bond acceptors (Lipinski definition) is 3. The Labute approximate surface area is 105 Å². The molecule has 0 saturated heterocycles. The molecular weight excluding hydrogens is 216 g/mol. The monoisotopic (exact) mass is 242 g/mol. The van der Waals surface area contributed by atoms with E-state index in [1.807, 2.05) is 32.6 Å². The van der Waals surface area contributed by atoms with Crippen molar-refractivity contribution in [2.24, 2.45) is 0 Å². The van der Waals surface area contributed by atoms with E-state index in [0.717, 1.165) is 18.7 Å². The minimum Gasteiger partial charge on any atom is -0.376 e. The molecule has 17 heavy (non-hydrogen) atoms. The predicted octanol–water partition coefficient (Wildman–Crippen LogP) is 1.43. The summed E-state index contributed by atoms with van der Waals surface area (Å²) >= 11 is 0. The van der Waals surface area contributed by atoms with E-state index in [9.17, 15) is 4.79 Å². The SMILES string of the molecule is C=C(C)COCCNC(C)C(=O)N(CC)CC. The molecule has 1 unspecified atom stereocenters. The first-order chi connectivity index (χ1) is 8.02. The minimum absolute atomic E-state index is 0.148. The van der Waals surface area contributed by atoms with Crippen LogP contribution in [0.5, 0.6) is 0 Å². The molecule has 4 heteroatoms. The van der Waals surface area contributed by atoms with Crippen LogP contribution in [0.4, 0.5) is 0 Å². The maximum absolute atomic E-state index is 11.9. The van der Waals surface area contributed by atoms with Gasteiger partial charge < -0.3 is 15.0 Å². The first kappa shape index (κ1) is 16.1. The zero-order valence-electron chi connectivity index (χ0n) is 11.6. The Balaban J connectivity index is 3.74. The molecule has 0 bridgehead atoms. The van der Waals surface area contributed by atoms with Crippen molar-refractivity contribution in [1.82, 2.24) is 10.2 Å². The predicted molar refractivity (Wildman–Crippen MR) is 71.0 cm³/mol. The standard InChI is InChI=1S/C13H26N2O2/c1-6-15(7-2)13(16)12(5)14-8-9-17-10-11(3)4/h12,14H,3,6-10H2,1-2,4-5H3. The molecule has 0 saturated carbocycles. The summed E-state index contributed by atoms with van der Waals surface area (Å²) in [5.41, 5.74) is 1.01. The van der Waals surface area contributed by atoms with Gasteiger partial charge in [-0.2, -0.15) is 0 Å². The second-order valence-corrected chi connectivity index (χ2v) is 4.20. The highest BCUT2D eigenvalue weighted by Crippen LogP contribution is 1.94. The number of nitrogens with one attached hydrogen (secondary N) is 1. The van der Waals surface area contributed by atoms with E-state index in [-0.39, 0.29) is 11.9 Å². The number of ether oxygens (including phenoxy) is 1. The smallest absolute Gasteiger partial charge is 0.239 e. The molecule has 1 atom stereocenters. The number of likely N-dealkylation sites (N-methyl/N-ethyl adjacent to an activating group) is 1. The van der Waals surface area contributed by atoms with Gasteiger partial charge in [0.1, 0.15) is 0 Å². The number of rotatable bonds is 9. The summed E-state index contributed by atoms with van der Waals surface area (Å²) in [6, 6.07) is -0.150. The summed E-state index contributed by atoms with van der Waals surface area (Å²) in [5.74, 6) is 0.148. The van der Waals surface area contributed by atoms with Gasteiger partial charge in [-0.3, -0.25) is 4.79 Å². The molecule has 100 valence electrons. The summed E-state index contributed by atoms with van der Waals surface area (Å²) in [6.45, 7) is 14.9. The fourth-order valence-electron chi connectivity index (χ4n) is 1.49. The summed E-state index contributed by atoms with van der Waals surface area (Å²) < 4.78 is 5.35. The van der Waals surface area contributed by atoms with E-state index in [1.165, 1.54) is 0 Å². The van der Waals surface area contributed by atoms with Gasteiger partial charge in [-0.15, -0.1) is 0 Å². The third kappa shape index (κ3) is 7.13. The van der Waals surface area contributed by atoms with Gasteiger partial charge in [-0.25, -0.2) is 0 Å². The molecule has 0 fully saturated rings. The molecule has 0 rings (SSSR count). The summed E-state index contributed by atoms with van der Waals surface area (Å²) in [6.07, 6.45) is 0. The van der Waals surface area contributed by atoms with Gasteiger partial charge in [-0.1, -0.05) is 12.2 Å². The van der Waals surface area contributed by atoms with Crippen LogP contribution in [0, 0.1) is 0 Å². The Bertz CT molecular complexity index is 238. The van der Waals surface area contributed by atoms with Crippen molar-refractivity contribution >= 4 is 5.91 Å². The molecule has 0 aliphatic carbocycles. The van der Waals surface area contributed by atoms with Crippen LogP contribution in [0.1, 0.15) is 27.7 Å². The topological polar surface area (TPSA) is 41.6 Å². The van der Waals surface area contributed by atoms with Gasteiger partial charge in [0.15, 0.2) is 0 Å². The normalized spacial score (nSPS) is 12.2. The second-order valence-electron chi connectivity index (χ2n) is 4.20. The molecule has 0 aliphatic heterocycles. The van der Waals surface area contributed by atoms with Gasteiger partial charge in [0.25, 0.3) is 0 Å². The Morgan fingerprint density at radius 2 is 2.00 bits per heavy atom. The second kappa shape index (κ2) is 9.19. The fraction of sp³-hybridized carbons (Fsp3) is 0.769. The highest BCUT2D eigenvalue weighted by Gasteiger charge is 2.16. The zero-order chi connectivity index (χ0) is 13.3. The first-order valence-corrected chi connectivity index (χ1v) is 6.27. The van der Waals surface area contributed by atoms with E-state index < -0.39 is 0 Å². The first-order valence-electron chi connectivity index (χ1n) is 6.27. The van der Waals surface area contributed by atoms with E-state index in [2.05, 4.69) is 11.9 Å². The highest BCUT2D eigenvalue weighted by molar-refractivity contribution is 5.81. The van der Waals surface area contributed by atoms with Crippen LogP contribution >= 0.6 is 0 Å². The molecule has 0 radical (unpaired) electrons. The molecule has 0 aromatic rings. The van der Waals surface area contributed by atoms with E-state index in [1.54, 1.807) is 0 Å². The van der Waals surface area contributed by atoms with Gasteiger partial charge >= 0.3 is 0 Å². The Hall–Kier alpha value is -0.870. The van der Waals surface area contributed by atoms with Crippen LogP contribution in [-0.2, 0) is 9.53 Å². The quantitative estimate of drug-likeness (QED) is 0.491.